The van der Waals surface area contributed by atoms with Crippen LogP contribution in [0.5, 0.6) is 11.5 Å². The van der Waals surface area contributed by atoms with E-state index >= 15 is 0 Å². The van der Waals surface area contributed by atoms with Crippen molar-refractivity contribution in [3.05, 3.63) is 29.3 Å². The zero-order valence-electron chi connectivity index (χ0n) is 18.2. The van der Waals surface area contributed by atoms with Crippen LogP contribution in [0, 0.1) is 11.8 Å². The maximum atomic E-state index is 13.1. The van der Waals surface area contributed by atoms with Crippen LogP contribution in [-0.4, -0.2) is 43.5 Å². The van der Waals surface area contributed by atoms with Crippen molar-refractivity contribution in [2.24, 2.45) is 11.8 Å². The molecule has 4 nitrogen and oxygen atoms in total. The quantitative estimate of drug-likeness (QED) is 0.716. The summed E-state index contributed by atoms with van der Waals surface area (Å²) in [6.45, 7) is 9.75. The van der Waals surface area contributed by atoms with Crippen LogP contribution in [0.1, 0.15) is 62.6 Å². The molecule has 4 heteroatoms. The number of benzene rings is 1. The summed E-state index contributed by atoms with van der Waals surface area (Å²) in [4.78, 5) is 15.7. The zero-order chi connectivity index (χ0) is 20.5. The molecule has 0 spiro atoms. The number of ether oxygens (including phenoxy) is 2. The third-order valence-electron chi connectivity index (χ3n) is 8.13. The molecule has 0 saturated heterocycles. The lowest BCUT2D eigenvalue weighted by atomic mass is 9.53. The number of ketones is 1. The highest BCUT2D eigenvalue weighted by Gasteiger charge is 2.63. The summed E-state index contributed by atoms with van der Waals surface area (Å²) in [6, 6.07) is 2.53. The molecule has 2 unspecified atom stereocenters. The Kier molecular flexibility index (Phi) is 4.36. The van der Waals surface area contributed by atoms with E-state index in [4.69, 9.17) is 9.47 Å². The minimum absolute atomic E-state index is 0.237. The first kappa shape index (κ1) is 19.2. The topological polar surface area (TPSA) is 38.8 Å². The highest BCUT2D eigenvalue weighted by atomic mass is 16.5. The standard InChI is InChI=1S/C25H33NO3/c1-6-25-18-9-10-20(27)24(25)29-23-21(28-5)12-16(14(2)3)17(22(23)25)11-19(18)26(4)13-15-7-8-15/h12,15,18-19,24H,2,6-11,13H2,1,3-5H3/t18?,19?,24-,25-/m1/s1. The van der Waals surface area contributed by atoms with Crippen LogP contribution in [-0.2, 0) is 16.6 Å². The molecule has 2 fully saturated rings. The Hall–Kier alpha value is -1.81. The Morgan fingerprint density at radius 3 is 2.76 bits per heavy atom. The number of likely N-dealkylation sites (N-methyl/N-ethyl adjacent to an activating group) is 1. The maximum Gasteiger partial charge on any atom is 0.174 e. The van der Waals surface area contributed by atoms with Gasteiger partial charge in [-0.05, 0) is 75.1 Å². The average molecular weight is 396 g/mol. The normalized spacial score (nSPS) is 32.2. The van der Waals surface area contributed by atoms with Crippen LogP contribution in [0.25, 0.3) is 5.57 Å². The molecule has 1 aliphatic heterocycles. The second kappa shape index (κ2) is 6.60. The Balaban J connectivity index is 1.74. The molecule has 1 heterocycles. The molecule has 2 saturated carbocycles. The third-order valence-corrected chi connectivity index (χ3v) is 8.13. The van der Waals surface area contributed by atoms with Crippen molar-refractivity contribution >= 4 is 11.4 Å². The van der Waals surface area contributed by atoms with Crippen molar-refractivity contribution in [3.8, 4) is 11.5 Å². The molecule has 156 valence electrons. The summed E-state index contributed by atoms with van der Waals surface area (Å²) < 4.78 is 12.2. The van der Waals surface area contributed by atoms with Gasteiger partial charge in [-0.25, -0.2) is 0 Å². The van der Waals surface area contributed by atoms with Crippen molar-refractivity contribution in [2.75, 3.05) is 20.7 Å². The Morgan fingerprint density at radius 1 is 1.38 bits per heavy atom. The van der Waals surface area contributed by atoms with E-state index in [0.29, 0.717) is 18.4 Å². The number of allylic oxidation sites excluding steroid dienone is 1. The van der Waals surface area contributed by atoms with Gasteiger partial charge in [-0.2, -0.15) is 0 Å². The second-order valence-corrected chi connectivity index (χ2v) is 9.75. The zero-order valence-corrected chi connectivity index (χ0v) is 18.2. The van der Waals surface area contributed by atoms with Gasteiger partial charge in [0, 0.05) is 30.0 Å². The molecule has 0 aromatic heterocycles. The van der Waals surface area contributed by atoms with E-state index < -0.39 is 0 Å². The van der Waals surface area contributed by atoms with E-state index in [9.17, 15) is 4.79 Å². The molecular weight excluding hydrogens is 362 g/mol. The highest BCUT2D eigenvalue weighted by Crippen LogP contribution is 2.62. The number of carbonyl (C=O) groups is 1. The molecular formula is C25H33NO3. The van der Waals surface area contributed by atoms with Gasteiger partial charge in [0.15, 0.2) is 23.4 Å². The number of rotatable bonds is 6. The molecule has 0 amide bonds. The molecule has 4 atom stereocenters. The maximum absolute atomic E-state index is 13.1. The van der Waals surface area contributed by atoms with Crippen molar-refractivity contribution in [1.29, 1.82) is 0 Å². The Labute approximate surface area is 174 Å². The largest absolute Gasteiger partial charge is 0.493 e. The van der Waals surface area contributed by atoms with Crippen LogP contribution in [0.3, 0.4) is 0 Å². The minimum Gasteiger partial charge on any atom is -0.493 e. The summed E-state index contributed by atoms with van der Waals surface area (Å²) >= 11 is 0. The second-order valence-electron chi connectivity index (χ2n) is 9.75. The summed E-state index contributed by atoms with van der Waals surface area (Å²) in [5.41, 5.74) is 4.60. The first-order valence-corrected chi connectivity index (χ1v) is 11.2. The van der Waals surface area contributed by atoms with Crippen LogP contribution >= 0.6 is 0 Å². The first-order chi connectivity index (χ1) is 13.9. The van der Waals surface area contributed by atoms with Gasteiger partial charge in [-0.3, -0.25) is 4.79 Å². The summed E-state index contributed by atoms with van der Waals surface area (Å²) in [6.07, 6.45) is 5.87. The highest BCUT2D eigenvalue weighted by molar-refractivity contribution is 5.89. The lowest BCUT2D eigenvalue weighted by molar-refractivity contribution is -0.135. The van der Waals surface area contributed by atoms with E-state index in [0.717, 1.165) is 42.3 Å². The first-order valence-electron chi connectivity index (χ1n) is 11.2. The molecule has 0 radical (unpaired) electrons. The molecule has 1 aromatic carbocycles. The molecule has 0 N–H and O–H groups in total. The number of methoxy groups -OCH3 is 1. The van der Waals surface area contributed by atoms with Gasteiger partial charge < -0.3 is 14.4 Å². The van der Waals surface area contributed by atoms with E-state index in [1.165, 1.54) is 36.1 Å². The van der Waals surface area contributed by atoms with Gasteiger partial charge in [-0.1, -0.05) is 19.1 Å². The van der Waals surface area contributed by atoms with E-state index in [2.05, 4.69) is 38.4 Å². The average Bonchev–Trinajstić information content (AvgIpc) is 3.44. The van der Waals surface area contributed by atoms with Crippen LogP contribution in [0.15, 0.2) is 12.6 Å². The Bertz CT molecular complexity index is 887. The molecule has 29 heavy (non-hydrogen) atoms. The number of nitrogens with zero attached hydrogens (tertiary/aromatic N) is 1. The fourth-order valence-corrected chi connectivity index (χ4v) is 6.62. The fourth-order valence-electron chi connectivity index (χ4n) is 6.62. The third kappa shape index (κ3) is 2.57. The van der Waals surface area contributed by atoms with Crippen LogP contribution in [0.2, 0.25) is 0 Å². The monoisotopic (exact) mass is 395 g/mol. The number of carbonyl (C=O) groups excluding carboxylic acids is 1. The van der Waals surface area contributed by atoms with Gasteiger partial charge in [0.25, 0.3) is 0 Å². The van der Waals surface area contributed by atoms with Crippen LogP contribution < -0.4 is 9.47 Å². The van der Waals surface area contributed by atoms with Gasteiger partial charge >= 0.3 is 0 Å². The van der Waals surface area contributed by atoms with Gasteiger partial charge in [0.2, 0.25) is 0 Å². The summed E-state index contributed by atoms with van der Waals surface area (Å²) in [5.74, 6) is 3.13. The number of Topliss-reactive ketones (excluding diaryl/α,β-unsaturated/α-hetero) is 1. The molecule has 3 aliphatic carbocycles. The van der Waals surface area contributed by atoms with Crippen molar-refractivity contribution in [1.82, 2.24) is 4.90 Å². The molecule has 5 rings (SSSR count). The number of hydrogen-bond acceptors (Lipinski definition) is 4. The smallest absolute Gasteiger partial charge is 0.174 e. The van der Waals surface area contributed by atoms with Crippen molar-refractivity contribution in [2.45, 2.75) is 69.9 Å². The summed E-state index contributed by atoms with van der Waals surface area (Å²) in [5, 5.41) is 0. The molecule has 4 aliphatic rings. The van der Waals surface area contributed by atoms with Gasteiger partial charge in [0.1, 0.15) is 0 Å². The van der Waals surface area contributed by atoms with E-state index in [-0.39, 0.29) is 17.3 Å². The fraction of sp³-hybridized carbons (Fsp3) is 0.640. The Morgan fingerprint density at radius 2 is 2.14 bits per heavy atom. The lowest BCUT2D eigenvalue weighted by Crippen LogP contribution is -2.61. The van der Waals surface area contributed by atoms with Crippen molar-refractivity contribution < 1.29 is 14.3 Å². The summed E-state index contributed by atoms with van der Waals surface area (Å²) in [7, 11) is 3.99. The van der Waals surface area contributed by atoms with Gasteiger partial charge in [-0.15, -0.1) is 0 Å². The lowest BCUT2D eigenvalue weighted by Gasteiger charge is -2.53. The van der Waals surface area contributed by atoms with Crippen LogP contribution in [0.4, 0.5) is 0 Å². The van der Waals surface area contributed by atoms with Gasteiger partial charge in [0.05, 0.1) is 7.11 Å². The predicted octanol–water partition coefficient (Wildman–Crippen LogP) is 4.38. The number of hydrogen-bond donors (Lipinski definition) is 0. The van der Waals surface area contributed by atoms with E-state index in [1.807, 2.05) is 0 Å². The predicted molar refractivity (Wildman–Crippen MR) is 115 cm³/mol. The molecule has 0 bridgehead atoms. The van der Waals surface area contributed by atoms with E-state index in [1.54, 1.807) is 7.11 Å². The SMILES string of the molecule is C=C(C)c1cc(OC)c2c3c1CC(N(C)CC1CC1)C1CCC(=O)[C@@H](O2)[C@@]31CC. The minimum atomic E-state index is -0.369. The van der Waals surface area contributed by atoms with Crippen molar-refractivity contribution in [3.63, 3.8) is 0 Å². The molecule has 1 aromatic rings.